The van der Waals surface area contributed by atoms with Gasteiger partial charge < -0.3 is 0 Å². The van der Waals surface area contributed by atoms with Gasteiger partial charge in [0.2, 0.25) is 0 Å². The fraction of sp³-hybridized carbons (Fsp3) is 0.929. The molecule has 0 heterocycles. The molecule has 0 aromatic carbocycles. The van der Waals surface area contributed by atoms with Crippen molar-refractivity contribution in [2.45, 2.75) is 70.3 Å². The number of nitrogens with one attached hydrogen (secondary N) is 1. The van der Waals surface area contributed by atoms with Gasteiger partial charge in [0, 0.05) is 12.1 Å². The zero-order chi connectivity index (χ0) is 15.4. The van der Waals surface area contributed by atoms with Crippen LogP contribution in [0, 0.1) is 11.3 Å². The topological polar surface area (TPSA) is 39.1 Å². The maximum Gasteiger partial charge on any atom is 0.401 e. The van der Waals surface area contributed by atoms with Crippen LogP contribution in [0.15, 0.2) is 0 Å². The van der Waals surface area contributed by atoms with Crippen molar-refractivity contribution in [3.8, 4) is 6.07 Å². The fourth-order valence-corrected chi connectivity index (χ4v) is 3.11. The van der Waals surface area contributed by atoms with E-state index >= 15 is 0 Å². The third-order valence-electron chi connectivity index (χ3n) is 3.95. The second-order valence-corrected chi connectivity index (χ2v) is 5.86. The summed E-state index contributed by atoms with van der Waals surface area (Å²) in [5.41, 5.74) is -0.670. The summed E-state index contributed by atoms with van der Waals surface area (Å²) in [6.07, 6.45) is -1.51. The molecule has 6 heteroatoms. The molecular formula is C14H24F3N3. The third kappa shape index (κ3) is 4.64. The van der Waals surface area contributed by atoms with Gasteiger partial charge in [-0.15, -0.1) is 0 Å². The highest BCUT2D eigenvalue weighted by Gasteiger charge is 2.41. The van der Waals surface area contributed by atoms with E-state index in [0.29, 0.717) is 19.4 Å². The molecule has 2 atom stereocenters. The van der Waals surface area contributed by atoms with Gasteiger partial charge in [0.1, 0.15) is 5.54 Å². The number of halogens is 3. The summed E-state index contributed by atoms with van der Waals surface area (Å²) in [7, 11) is 0. The molecule has 0 amide bonds. The van der Waals surface area contributed by atoms with Crippen LogP contribution in [0.25, 0.3) is 0 Å². The van der Waals surface area contributed by atoms with E-state index in [1.807, 2.05) is 6.92 Å². The van der Waals surface area contributed by atoms with Crippen LogP contribution >= 0.6 is 0 Å². The van der Waals surface area contributed by atoms with Crippen molar-refractivity contribution < 1.29 is 13.2 Å². The maximum atomic E-state index is 12.7. The molecule has 0 radical (unpaired) electrons. The van der Waals surface area contributed by atoms with Crippen molar-refractivity contribution in [1.82, 2.24) is 10.2 Å². The highest BCUT2D eigenvalue weighted by molar-refractivity contribution is 5.11. The minimum absolute atomic E-state index is 0.183. The Morgan fingerprint density at radius 2 is 2.10 bits per heavy atom. The van der Waals surface area contributed by atoms with E-state index in [4.69, 9.17) is 0 Å². The molecule has 0 bridgehead atoms. The normalized spacial score (nSPS) is 27.9. The third-order valence-corrected chi connectivity index (χ3v) is 3.95. The van der Waals surface area contributed by atoms with Gasteiger partial charge in [-0.05, 0) is 46.1 Å². The average Bonchev–Trinajstić information content (AvgIpc) is 2.35. The van der Waals surface area contributed by atoms with Crippen LogP contribution in [-0.2, 0) is 0 Å². The molecule has 0 aromatic heterocycles. The predicted octanol–water partition coefficient (Wildman–Crippen LogP) is 3.07. The summed E-state index contributed by atoms with van der Waals surface area (Å²) < 4.78 is 38.2. The number of hydrogen-bond acceptors (Lipinski definition) is 3. The quantitative estimate of drug-likeness (QED) is 0.846. The minimum Gasteiger partial charge on any atom is -0.300 e. The molecule has 1 N–H and O–H groups in total. The zero-order valence-electron chi connectivity index (χ0n) is 12.4. The van der Waals surface area contributed by atoms with Crippen molar-refractivity contribution in [2.75, 3.05) is 13.1 Å². The van der Waals surface area contributed by atoms with Crippen molar-refractivity contribution in [3.05, 3.63) is 0 Å². The van der Waals surface area contributed by atoms with E-state index in [-0.39, 0.29) is 12.1 Å². The molecule has 1 aliphatic carbocycles. The predicted molar refractivity (Wildman–Crippen MR) is 72.2 cm³/mol. The minimum atomic E-state index is -4.20. The van der Waals surface area contributed by atoms with Gasteiger partial charge in [-0.2, -0.15) is 18.4 Å². The monoisotopic (exact) mass is 291 g/mol. The van der Waals surface area contributed by atoms with Crippen molar-refractivity contribution in [1.29, 1.82) is 5.26 Å². The molecular weight excluding hydrogens is 267 g/mol. The summed E-state index contributed by atoms with van der Waals surface area (Å²) >= 11 is 0. The van der Waals surface area contributed by atoms with Gasteiger partial charge in [-0.3, -0.25) is 10.2 Å². The summed E-state index contributed by atoms with van der Waals surface area (Å²) in [5, 5.41) is 12.6. The Kier molecular flexibility index (Phi) is 5.84. The largest absolute Gasteiger partial charge is 0.401 e. The summed E-state index contributed by atoms with van der Waals surface area (Å²) in [4.78, 5) is 1.49. The van der Waals surface area contributed by atoms with E-state index in [2.05, 4.69) is 11.4 Å². The van der Waals surface area contributed by atoms with E-state index in [0.717, 1.165) is 12.8 Å². The SMILES string of the molecule is CCNC1(C#N)CCCC(N(CC(F)(F)F)C(C)C)C1. The molecule has 0 saturated heterocycles. The Labute approximate surface area is 119 Å². The molecule has 1 aliphatic rings. The van der Waals surface area contributed by atoms with Crippen LogP contribution in [0.3, 0.4) is 0 Å². The Morgan fingerprint density at radius 3 is 2.55 bits per heavy atom. The van der Waals surface area contributed by atoms with Gasteiger partial charge in [-0.25, -0.2) is 0 Å². The standard InChI is InChI=1S/C14H24F3N3/c1-4-19-13(9-18)7-5-6-12(8-13)20(11(2)3)10-14(15,16)17/h11-12,19H,4-8,10H2,1-3H3. The Balaban J connectivity index is 2.84. The maximum absolute atomic E-state index is 12.7. The molecule has 1 fully saturated rings. The summed E-state index contributed by atoms with van der Waals surface area (Å²) in [6, 6.07) is 1.91. The molecule has 3 nitrogen and oxygen atoms in total. The molecule has 1 saturated carbocycles. The molecule has 116 valence electrons. The molecule has 2 unspecified atom stereocenters. The van der Waals surface area contributed by atoms with E-state index in [1.165, 1.54) is 4.90 Å². The second kappa shape index (κ2) is 6.77. The zero-order valence-corrected chi connectivity index (χ0v) is 12.4. The Hall–Kier alpha value is -0.800. The number of hydrogen-bond donors (Lipinski definition) is 1. The second-order valence-electron chi connectivity index (χ2n) is 5.86. The highest BCUT2D eigenvalue weighted by atomic mass is 19.4. The van der Waals surface area contributed by atoms with Gasteiger partial charge in [0.25, 0.3) is 0 Å². The smallest absolute Gasteiger partial charge is 0.300 e. The van der Waals surface area contributed by atoms with Gasteiger partial charge in [0.05, 0.1) is 12.6 Å². The molecule has 0 spiro atoms. The average molecular weight is 291 g/mol. The van der Waals surface area contributed by atoms with Crippen LogP contribution in [0.2, 0.25) is 0 Å². The van der Waals surface area contributed by atoms with Crippen molar-refractivity contribution >= 4 is 0 Å². The van der Waals surface area contributed by atoms with E-state index < -0.39 is 18.3 Å². The van der Waals surface area contributed by atoms with Crippen LogP contribution in [0.1, 0.15) is 46.5 Å². The first-order valence-corrected chi connectivity index (χ1v) is 7.22. The number of nitriles is 1. The first kappa shape index (κ1) is 17.3. The lowest BCUT2D eigenvalue weighted by atomic mass is 9.79. The Bertz CT molecular complexity index is 345. The molecule has 1 rings (SSSR count). The lowest BCUT2D eigenvalue weighted by Crippen LogP contribution is -2.55. The van der Waals surface area contributed by atoms with Crippen molar-refractivity contribution in [2.24, 2.45) is 0 Å². The number of nitrogens with zero attached hydrogens (tertiary/aromatic N) is 2. The van der Waals surface area contributed by atoms with Crippen LogP contribution < -0.4 is 5.32 Å². The van der Waals surface area contributed by atoms with Gasteiger partial charge in [0.15, 0.2) is 0 Å². The highest BCUT2D eigenvalue weighted by Crippen LogP contribution is 2.33. The number of alkyl halides is 3. The van der Waals surface area contributed by atoms with Gasteiger partial charge >= 0.3 is 6.18 Å². The summed E-state index contributed by atoms with van der Waals surface area (Å²) in [6.45, 7) is 5.23. The molecule has 20 heavy (non-hydrogen) atoms. The molecule has 0 aromatic rings. The van der Waals surface area contributed by atoms with E-state index in [1.54, 1.807) is 13.8 Å². The first-order valence-electron chi connectivity index (χ1n) is 7.22. The van der Waals surface area contributed by atoms with Crippen LogP contribution in [0.4, 0.5) is 13.2 Å². The lowest BCUT2D eigenvalue weighted by molar-refractivity contribution is -0.157. The van der Waals surface area contributed by atoms with Gasteiger partial charge in [-0.1, -0.05) is 6.92 Å². The Morgan fingerprint density at radius 1 is 1.45 bits per heavy atom. The van der Waals surface area contributed by atoms with Crippen LogP contribution in [-0.4, -0.2) is 41.8 Å². The first-order chi connectivity index (χ1) is 9.23. The lowest BCUT2D eigenvalue weighted by Gasteiger charge is -2.43. The fourth-order valence-electron chi connectivity index (χ4n) is 3.11. The summed E-state index contributed by atoms with van der Waals surface area (Å²) in [5.74, 6) is 0. The molecule has 0 aliphatic heterocycles. The van der Waals surface area contributed by atoms with E-state index in [9.17, 15) is 18.4 Å². The van der Waals surface area contributed by atoms with Crippen LogP contribution in [0.5, 0.6) is 0 Å². The van der Waals surface area contributed by atoms with Crippen molar-refractivity contribution in [3.63, 3.8) is 0 Å². The number of rotatable bonds is 5.